The monoisotopic (exact) mass is 232 g/mol. The molecule has 0 aromatic rings. The molecule has 0 saturated carbocycles. The average Bonchev–Trinajstić information content (AvgIpc) is 2.11. The summed E-state index contributed by atoms with van der Waals surface area (Å²) in [6, 6.07) is -1.46. The molecule has 1 atom stereocenters. The van der Waals surface area contributed by atoms with Crippen LogP contribution in [0.2, 0.25) is 0 Å². The number of aliphatic hydroxyl groups is 1. The van der Waals surface area contributed by atoms with E-state index >= 15 is 0 Å². The number of carboxylic acids is 1. The maximum Gasteiger partial charge on any atom is 0.326 e. The molecule has 0 unspecified atom stereocenters. The van der Waals surface area contributed by atoms with Gasteiger partial charge in [-0.3, -0.25) is 0 Å². The number of nitrogens with zero attached hydrogens (tertiary/aromatic N) is 1. The van der Waals surface area contributed by atoms with Crippen molar-refractivity contribution < 1.29 is 19.8 Å². The fourth-order valence-corrected chi connectivity index (χ4v) is 1.13. The number of hydrogen-bond acceptors (Lipinski definition) is 3. The van der Waals surface area contributed by atoms with Crippen molar-refractivity contribution >= 4 is 12.0 Å². The molecule has 0 heterocycles. The van der Waals surface area contributed by atoms with Crippen LogP contribution in [0.25, 0.3) is 0 Å². The fourth-order valence-electron chi connectivity index (χ4n) is 1.13. The third-order valence-corrected chi connectivity index (χ3v) is 2.16. The second kappa shape index (κ2) is 5.69. The number of likely N-dealkylation sites (N-methyl/N-ethyl adjacent to an activating group) is 1. The van der Waals surface area contributed by atoms with Crippen LogP contribution in [0.3, 0.4) is 0 Å². The highest BCUT2D eigenvalue weighted by molar-refractivity contribution is 5.83. The van der Waals surface area contributed by atoms with Crippen molar-refractivity contribution in [3.8, 4) is 0 Å². The van der Waals surface area contributed by atoms with E-state index in [1.165, 1.54) is 11.9 Å². The number of hydrogen-bond donors (Lipinski definition) is 3. The van der Waals surface area contributed by atoms with E-state index in [4.69, 9.17) is 10.2 Å². The van der Waals surface area contributed by atoms with Crippen LogP contribution < -0.4 is 5.32 Å². The van der Waals surface area contributed by atoms with Crippen molar-refractivity contribution in [2.45, 2.75) is 26.8 Å². The summed E-state index contributed by atoms with van der Waals surface area (Å²) in [5.74, 6) is -1.07. The van der Waals surface area contributed by atoms with Crippen LogP contribution in [0.15, 0.2) is 0 Å². The molecular weight excluding hydrogens is 212 g/mol. The molecule has 0 saturated heterocycles. The van der Waals surface area contributed by atoms with E-state index in [0.29, 0.717) is 0 Å². The van der Waals surface area contributed by atoms with E-state index in [-0.39, 0.29) is 13.2 Å². The van der Waals surface area contributed by atoms with Crippen molar-refractivity contribution in [2.75, 3.05) is 20.2 Å². The second-order valence-electron chi connectivity index (χ2n) is 4.73. The lowest BCUT2D eigenvalue weighted by atomic mass is 9.87. The lowest BCUT2D eigenvalue weighted by Gasteiger charge is -2.29. The molecule has 0 aliphatic heterocycles. The third-order valence-electron chi connectivity index (χ3n) is 2.16. The summed E-state index contributed by atoms with van der Waals surface area (Å²) in [6.07, 6.45) is 0. The number of carbonyl (C=O) groups is 2. The largest absolute Gasteiger partial charge is 0.480 e. The normalized spacial score (nSPS) is 13.1. The van der Waals surface area contributed by atoms with Gasteiger partial charge >= 0.3 is 12.0 Å². The first kappa shape index (κ1) is 14.7. The highest BCUT2D eigenvalue weighted by Gasteiger charge is 2.33. The Labute approximate surface area is 95.2 Å². The number of carboxylic acid groups (broad SMARTS) is 1. The van der Waals surface area contributed by atoms with Crippen LogP contribution in [0.4, 0.5) is 4.79 Å². The number of urea groups is 1. The van der Waals surface area contributed by atoms with Crippen LogP contribution >= 0.6 is 0 Å². The van der Waals surface area contributed by atoms with Crippen LogP contribution in [-0.4, -0.2) is 53.4 Å². The summed E-state index contributed by atoms with van der Waals surface area (Å²) >= 11 is 0. The Balaban J connectivity index is 4.54. The predicted molar refractivity (Wildman–Crippen MR) is 59.1 cm³/mol. The zero-order chi connectivity index (χ0) is 12.9. The van der Waals surface area contributed by atoms with E-state index in [1.54, 1.807) is 20.8 Å². The number of aliphatic hydroxyl groups excluding tert-OH is 1. The Kier molecular flexibility index (Phi) is 5.23. The first-order valence-electron chi connectivity index (χ1n) is 5.05. The van der Waals surface area contributed by atoms with Gasteiger partial charge in [0.15, 0.2) is 0 Å². The van der Waals surface area contributed by atoms with Crippen LogP contribution in [-0.2, 0) is 4.79 Å². The summed E-state index contributed by atoms with van der Waals surface area (Å²) in [4.78, 5) is 23.8. The lowest BCUT2D eigenvalue weighted by Crippen LogP contribution is -2.52. The third kappa shape index (κ3) is 4.48. The number of rotatable bonds is 4. The number of amides is 2. The zero-order valence-electron chi connectivity index (χ0n) is 10.1. The molecule has 0 radical (unpaired) electrons. The molecule has 0 aromatic heterocycles. The van der Waals surface area contributed by atoms with Crippen LogP contribution in [0, 0.1) is 5.41 Å². The zero-order valence-corrected chi connectivity index (χ0v) is 10.1. The molecule has 0 aliphatic carbocycles. The van der Waals surface area contributed by atoms with E-state index in [9.17, 15) is 9.59 Å². The molecule has 16 heavy (non-hydrogen) atoms. The molecule has 0 aliphatic rings. The Morgan fingerprint density at radius 2 is 1.88 bits per heavy atom. The summed E-state index contributed by atoms with van der Waals surface area (Å²) in [7, 11) is 1.49. The highest BCUT2D eigenvalue weighted by Crippen LogP contribution is 2.19. The van der Waals surface area contributed by atoms with Gasteiger partial charge in [-0.2, -0.15) is 0 Å². The summed E-state index contributed by atoms with van der Waals surface area (Å²) in [5, 5.41) is 20.1. The molecule has 6 heteroatoms. The topological polar surface area (TPSA) is 89.9 Å². The molecule has 94 valence electrons. The van der Waals surface area contributed by atoms with Gasteiger partial charge in [-0.1, -0.05) is 20.8 Å². The minimum absolute atomic E-state index is 0.156. The molecular formula is C10H20N2O4. The van der Waals surface area contributed by atoms with Gasteiger partial charge in [-0.05, 0) is 5.41 Å². The predicted octanol–water partition coefficient (Wildman–Crippen LogP) is 0.119. The van der Waals surface area contributed by atoms with Gasteiger partial charge in [0.2, 0.25) is 0 Å². The SMILES string of the molecule is CN(CCO)C(=O)N[C@H](C(=O)O)C(C)(C)C. The van der Waals surface area contributed by atoms with E-state index in [1.807, 2.05) is 0 Å². The van der Waals surface area contributed by atoms with Gasteiger partial charge in [-0.15, -0.1) is 0 Å². The first-order chi connectivity index (χ1) is 7.20. The molecule has 0 spiro atoms. The smallest absolute Gasteiger partial charge is 0.326 e. The number of carbonyl (C=O) groups excluding carboxylic acids is 1. The Bertz CT molecular complexity index is 260. The van der Waals surface area contributed by atoms with Gasteiger partial charge in [0.05, 0.1) is 6.61 Å². The molecule has 0 rings (SSSR count). The fraction of sp³-hybridized carbons (Fsp3) is 0.800. The van der Waals surface area contributed by atoms with Gasteiger partial charge in [0.1, 0.15) is 6.04 Å². The van der Waals surface area contributed by atoms with Gasteiger partial charge in [0, 0.05) is 13.6 Å². The van der Waals surface area contributed by atoms with Crippen LogP contribution in [0.1, 0.15) is 20.8 Å². The van der Waals surface area contributed by atoms with Crippen molar-refractivity contribution in [3.63, 3.8) is 0 Å². The average molecular weight is 232 g/mol. The van der Waals surface area contributed by atoms with Gasteiger partial charge in [-0.25, -0.2) is 9.59 Å². The molecule has 0 aromatic carbocycles. The second-order valence-corrected chi connectivity index (χ2v) is 4.73. The van der Waals surface area contributed by atoms with Gasteiger partial charge in [0.25, 0.3) is 0 Å². The molecule has 6 nitrogen and oxygen atoms in total. The Morgan fingerprint density at radius 3 is 2.19 bits per heavy atom. The maximum absolute atomic E-state index is 11.5. The Morgan fingerprint density at radius 1 is 1.38 bits per heavy atom. The van der Waals surface area contributed by atoms with Crippen molar-refractivity contribution in [1.29, 1.82) is 0 Å². The quantitative estimate of drug-likeness (QED) is 0.642. The standard InChI is InChI=1S/C10H20N2O4/c1-10(2,3)7(8(14)15)11-9(16)12(4)5-6-13/h7,13H,5-6H2,1-4H3,(H,11,16)(H,14,15)/t7-/m1/s1. The molecule has 0 fully saturated rings. The van der Waals surface area contributed by atoms with E-state index in [0.717, 1.165) is 0 Å². The van der Waals surface area contributed by atoms with E-state index < -0.39 is 23.5 Å². The first-order valence-corrected chi connectivity index (χ1v) is 5.05. The highest BCUT2D eigenvalue weighted by atomic mass is 16.4. The summed E-state index contributed by atoms with van der Waals surface area (Å²) in [5.41, 5.74) is -0.568. The van der Waals surface area contributed by atoms with Crippen molar-refractivity contribution in [3.05, 3.63) is 0 Å². The minimum Gasteiger partial charge on any atom is -0.480 e. The minimum atomic E-state index is -1.07. The molecule has 2 amide bonds. The van der Waals surface area contributed by atoms with Crippen molar-refractivity contribution in [2.24, 2.45) is 5.41 Å². The number of nitrogens with one attached hydrogen (secondary N) is 1. The van der Waals surface area contributed by atoms with Gasteiger partial charge < -0.3 is 20.4 Å². The van der Waals surface area contributed by atoms with E-state index in [2.05, 4.69) is 5.32 Å². The number of aliphatic carboxylic acids is 1. The maximum atomic E-state index is 11.5. The summed E-state index contributed by atoms with van der Waals surface area (Å²) in [6.45, 7) is 5.22. The Hall–Kier alpha value is -1.30. The lowest BCUT2D eigenvalue weighted by molar-refractivity contribution is -0.142. The molecule has 0 bridgehead atoms. The van der Waals surface area contributed by atoms with Crippen molar-refractivity contribution in [1.82, 2.24) is 10.2 Å². The molecule has 3 N–H and O–H groups in total. The van der Waals surface area contributed by atoms with Crippen LogP contribution in [0.5, 0.6) is 0 Å². The summed E-state index contributed by atoms with van der Waals surface area (Å²) < 4.78 is 0.